The molecule has 12 nitrogen and oxygen atoms in total. The predicted molar refractivity (Wildman–Crippen MR) is 168 cm³/mol. The molecule has 2 aromatic heterocycles. The Hall–Kier alpha value is -4.81. The van der Waals surface area contributed by atoms with Crippen molar-refractivity contribution in [1.82, 2.24) is 24.2 Å². The van der Waals surface area contributed by atoms with Gasteiger partial charge in [-0.15, -0.1) is 0 Å². The van der Waals surface area contributed by atoms with E-state index in [1.54, 1.807) is 29.2 Å². The number of carbonyl (C=O) groups excluding carboxylic acids is 2. The molecule has 2 aliphatic heterocycles. The fourth-order valence-corrected chi connectivity index (χ4v) is 6.16. The minimum Gasteiger partial charge on any atom is -0.392 e. The highest BCUT2D eigenvalue weighted by Gasteiger charge is 2.30. The molecule has 0 atom stereocenters. The van der Waals surface area contributed by atoms with Gasteiger partial charge in [0.2, 0.25) is 5.91 Å². The van der Waals surface area contributed by atoms with E-state index in [9.17, 15) is 19.5 Å². The Morgan fingerprint density at radius 2 is 1.89 bits per heavy atom. The Labute approximate surface area is 259 Å². The van der Waals surface area contributed by atoms with Crippen LogP contribution in [0, 0.1) is 0 Å². The molecule has 4 heterocycles. The van der Waals surface area contributed by atoms with Gasteiger partial charge < -0.3 is 29.5 Å². The van der Waals surface area contributed by atoms with Gasteiger partial charge in [-0.2, -0.15) is 5.10 Å². The minimum absolute atomic E-state index is 0.0564. The maximum Gasteiger partial charge on any atom is 0.293 e. The number of benzene rings is 2. The first kappa shape index (κ1) is 28.9. The number of aliphatic hydroxyl groups excluding tert-OH is 1. The molecule has 1 aliphatic carbocycles. The molecule has 232 valence electrons. The smallest absolute Gasteiger partial charge is 0.293 e. The van der Waals surface area contributed by atoms with Crippen LogP contribution in [0.5, 0.6) is 0 Å². The summed E-state index contributed by atoms with van der Waals surface area (Å²) in [5.41, 5.74) is 5.47. The number of hydrogen-bond donors (Lipinski definition) is 2. The number of nitrogens with one attached hydrogen (secondary N) is 1. The third-order valence-corrected chi connectivity index (χ3v) is 8.76. The molecule has 1 saturated heterocycles. The first-order chi connectivity index (χ1) is 21.9. The molecule has 0 spiro atoms. The van der Waals surface area contributed by atoms with Crippen molar-refractivity contribution in [3.63, 3.8) is 0 Å². The van der Waals surface area contributed by atoms with Gasteiger partial charge in [0, 0.05) is 55.8 Å². The zero-order valence-electron chi connectivity index (χ0n) is 25.1. The molecule has 1 saturated carbocycles. The number of aromatic nitrogens is 4. The van der Waals surface area contributed by atoms with Gasteiger partial charge in [-0.1, -0.05) is 24.3 Å². The molecule has 0 unspecified atom stereocenters. The van der Waals surface area contributed by atoms with E-state index in [1.165, 1.54) is 33.9 Å². The summed E-state index contributed by atoms with van der Waals surface area (Å²) in [5.74, 6) is 0.540. The van der Waals surface area contributed by atoms with E-state index in [1.807, 2.05) is 24.3 Å². The monoisotopic (exact) mass is 609 g/mol. The van der Waals surface area contributed by atoms with Gasteiger partial charge in [-0.05, 0) is 48.4 Å². The van der Waals surface area contributed by atoms with Crippen LogP contribution in [0.25, 0.3) is 11.3 Å². The average molecular weight is 610 g/mol. The lowest BCUT2D eigenvalue weighted by molar-refractivity contribution is -0.136. The maximum atomic E-state index is 13.7. The summed E-state index contributed by atoms with van der Waals surface area (Å²) in [6, 6.07) is 11.7. The summed E-state index contributed by atoms with van der Waals surface area (Å²) in [7, 11) is 1.63. The first-order valence-electron chi connectivity index (χ1n) is 15.3. The van der Waals surface area contributed by atoms with Crippen molar-refractivity contribution in [3.05, 3.63) is 87.6 Å². The summed E-state index contributed by atoms with van der Waals surface area (Å²) in [5, 5.41) is 17.9. The highest BCUT2D eigenvalue weighted by Crippen LogP contribution is 2.41. The normalized spacial score (nSPS) is 16.5. The molecule has 7 rings (SSSR count). The first-order valence-corrected chi connectivity index (χ1v) is 15.3. The van der Waals surface area contributed by atoms with E-state index < -0.39 is 0 Å². The van der Waals surface area contributed by atoms with Gasteiger partial charge in [0.05, 0.1) is 43.1 Å². The van der Waals surface area contributed by atoms with Crippen LogP contribution in [0.3, 0.4) is 0 Å². The maximum absolute atomic E-state index is 13.7. The number of anilines is 3. The van der Waals surface area contributed by atoms with Gasteiger partial charge in [-0.3, -0.25) is 19.1 Å². The number of morpholine rings is 1. The number of nitrogens with zero attached hydrogens (tertiary/aromatic N) is 6. The molecule has 0 bridgehead atoms. The van der Waals surface area contributed by atoms with E-state index in [2.05, 4.69) is 27.5 Å². The molecule has 2 aromatic carbocycles. The Kier molecular flexibility index (Phi) is 7.68. The number of rotatable bonds is 8. The molecule has 0 radical (unpaired) electrons. The molecule has 12 heteroatoms. The molecule has 45 heavy (non-hydrogen) atoms. The SMILES string of the molecule is Cn1cc(-c2cccc(N3CCc4cc(C5CC5)ccc4C3=O)c2CO)nc(Nc2cnn(CC(=O)N3CCOCC3)c2)c1=O. The average Bonchev–Trinajstić information content (AvgIpc) is 3.83. The van der Waals surface area contributed by atoms with Crippen LogP contribution >= 0.6 is 0 Å². The second-order valence-electron chi connectivity index (χ2n) is 11.8. The van der Waals surface area contributed by atoms with Crippen LogP contribution in [-0.2, 0) is 36.2 Å². The van der Waals surface area contributed by atoms with Crippen LogP contribution in [-0.4, -0.2) is 74.0 Å². The number of ether oxygens (including phenoxy) is 1. The van der Waals surface area contributed by atoms with Crippen LogP contribution < -0.4 is 15.8 Å². The standard InChI is InChI=1S/C33H35N7O5/c1-37-18-28(36-31(33(37)44)35-24-16-34-39(17-24)19-30(42)38-11-13-45-14-12-38)26-3-2-4-29(27(26)20-41)40-10-9-23-15-22(21-5-6-21)7-8-25(23)32(40)43/h2-4,7-8,15-18,21,41H,5-6,9-14,19-20H2,1H3,(H,35,36). The quantitative estimate of drug-likeness (QED) is 0.312. The second-order valence-corrected chi connectivity index (χ2v) is 11.8. The molecule has 3 aliphatic rings. The van der Waals surface area contributed by atoms with Crippen LogP contribution in [0.1, 0.15) is 45.8 Å². The summed E-state index contributed by atoms with van der Waals surface area (Å²) in [4.78, 5) is 47.5. The van der Waals surface area contributed by atoms with Crippen molar-refractivity contribution in [1.29, 1.82) is 0 Å². The molecule has 2 amide bonds. The van der Waals surface area contributed by atoms with Gasteiger partial charge in [0.1, 0.15) is 6.54 Å². The summed E-state index contributed by atoms with van der Waals surface area (Å²) in [6.45, 7) is 2.40. The lowest BCUT2D eigenvalue weighted by Crippen LogP contribution is -2.42. The molecule has 2 N–H and O–H groups in total. The summed E-state index contributed by atoms with van der Waals surface area (Å²) in [6.07, 6.45) is 7.95. The Bertz CT molecular complexity index is 1840. The van der Waals surface area contributed by atoms with E-state index in [4.69, 9.17) is 4.74 Å². The van der Waals surface area contributed by atoms with Gasteiger partial charge in [-0.25, -0.2) is 4.98 Å². The van der Waals surface area contributed by atoms with Crippen molar-refractivity contribution in [2.75, 3.05) is 43.1 Å². The third-order valence-electron chi connectivity index (χ3n) is 8.76. The van der Waals surface area contributed by atoms with Gasteiger partial charge in [0.15, 0.2) is 5.82 Å². The van der Waals surface area contributed by atoms with Crippen LogP contribution in [0.15, 0.2) is 59.8 Å². The van der Waals surface area contributed by atoms with Crippen LogP contribution in [0.4, 0.5) is 17.2 Å². The fourth-order valence-electron chi connectivity index (χ4n) is 6.16. The molecule has 2 fully saturated rings. The van der Waals surface area contributed by atoms with Gasteiger partial charge in [0.25, 0.3) is 11.5 Å². The van der Waals surface area contributed by atoms with Crippen molar-refractivity contribution < 1.29 is 19.4 Å². The summed E-state index contributed by atoms with van der Waals surface area (Å²) < 4.78 is 8.26. The van der Waals surface area contributed by atoms with Crippen molar-refractivity contribution in [2.24, 2.45) is 7.05 Å². The zero-order chi connectivity index (χ0) is 31.1. The number of aryl methyl sites for hydroxylation is 1. The number of aliphatic hydroxyl groups is 1. The predicted octanol–water partition coefficient (Wildman–Crippen LogP) is 2.82. The molecular formula is C33H35N7O5. The van der Waals surface area contributed by atoms with E-state index >= 15 is 0 Å². The largest absolute Gasteiger partial charge is 0.392 e. The van der Waals surface area contributed by atoms with Gasteiger partial charge >= 0.3 is 0 Å². The number of amides is 2. The minimum atomic E-state index is -0.356. The van der Waals surface area contributed by atoms with Crippen LogP contribution in [0.2, 0.25) is 0 Å². The Morgan fingerprint density at radius 3 is 2.67 bits per heavy atom. The Morgan fingerprint density at radius 1 is 1.07 bits per heavy atom. The van der Waals surface area contributed by atoms with E-state index in [0.29, 0.717) is 72.5 Å². The van der Waals surface area contributed by atoms with E-state index in [0.717, 1.165) is 12.0 Å². The zero-order valence-corrected chi connectivity index (χ0v) is 25.1. The number of carbonyl (C=O) groups is 2. The fraction of sp³-hybridized carbons (Fsp3) is 0.364. The van der Waals surface area contributed by atoms with Crippen molar-refractivity contribution >= 4 is 29.0 Å². The highest BCUT2D eigenvalue weighted by atomic mass is 16.5. The molecule has 4 aromatic rings. The van der Waals surface area contributed by atoms with Crippen molar-refractivity contribution in [2.45, 2.75) is 38.3 Å². The number of hydrogen-bond acceptors (Lipinski definition) is 8. The molecular weight excluding hydrogens is 574 g/mol. The topological polar surface area (TPSA) is 135 Å². The van der Waals surface area contributed by atoms with E-state index in [-0.39, 0.29) is 36.3 Å². The lowest BCUT2D eigenvalue weighted by atomic mass is 9.93. The Balaban J connectivity index is 1.14. The second kappa shape index (κ2) is 11.9. The third kappa shape index (κ3) is 5.74. The number of fused-ring (bicyclic) bond motifs is 1. The summed E-state index contributed by atoms with van der Waals surface area (Å²) >= 11 is 0. The van der Waals surface area contributed by atoms with Crippen molar-refractivity contribution in [3.8, 4) is 11.3 Å². The lowest BCUT2D eigenvalue weighted by Gasteiger charge is -2.31. The highest BCUT2D eigenvalue weighted by molar-refractivity contribution is 6.09.